The molecule has 0 bridgehead atoms. The van der Waals surface area contributed by atoms with Crippen molar-refractivity contribution >= 4 is 19.9 Å². The quantitative estimate of drug-likeness (QED) is 0.723. The van der Waals surface area contributed by atoms with E-state index in [0.717, 1.165) is 43.7 Å². The van der Waals surface area contributed by atoms with Crippen LogP contribution in [-0.4, -0.2) is 55.3 Å². The molecule has 0 atom stereocenters. The number of nitrogens with zero attached hydrogens (tertiary/aromatic N) is 4. The summed E-state index contributed by atoms with van der Waals surface area (Å²) in [5, 5.41) is 8.80. The molecule has 1 aromatic carbocycles. The van der Waals surface area contributed by atoms with Crippen molar-refractivity contribution in [3.8, 4) is 0 Å². The first kappa shape index (κ1) is 20.5. The molecule has 1 aromatic heterocycles. The Hall–Kier alpha value is -1.78. The largest absolute Gasteiger partial charge is 0.315 e. The lowest BCUT2D eigenvalue weighted by atomic mass is 9.97. The van der Waals surface area contributed by atoms with Gasteiger partial charge in [0.1, 0.15) is 11.6 Å². The van der Waals surface area contributed by atoms with Gasteiger partial charge < -0.3 is 4.57 Å². The summed E-state index contributed by atoms with van der Waals surface area (Å²) in [5.41, 5.74) is 0. The third-order valence-electron chi connectivity index (χ3n) is 5.85. The van der Waals surface area contributed by atoms with Crippen LogP contribution in [0.3, 0.4) is 0 Å². The summed E-state index contributed by atoms with van der Waals surface area (Å²) in [6.45, 7) is 1.79. The zero-order chi connectivity index (χ0) is 20.6. The minimum absolute atomic E-state index is 0.114. The molecule has 0 radical (unpaired) electrons. The van der Waals surface area contributed by atoms with Gasteiger partial charge in [0.2, 0.25) is 10.0 Å². The van der Waals surface area contributed by atoms with Gasteiger partial charge in [0.05, 0.1) is 9.79 Å². The smallest absolute Gasteiger partial charge is 0.243 e. The number of aryl methyl sites for hydroxylation is 1. The zero-order valence-corrected chi connectivity index (χ0v) is 18.1. The molecule has 0 aliphatic carbocycles. The highest BCUT2D eigenvalue weighted by molar-refractivity contribution is 7.90. The predicted octanol–water partition coefficient (Wildman–Crippen LogP) is 1.98. The summed E-state index contributed by atoms with van der Waals surface area (Å²) in [5.74, 6) is 2.27. The number of benzene rings is 1. The van der Waals surface area contributed by atoms with Gasteiger partial charge in [-0.1, -0.05) is 6.42 Å². The molecule has 0 spiro atoms. The Morgan fingerprint density at radius 3 is 2.17 bits per heavy atom. The Morgan fingerprint density at radius 1 is 0.862 bits per heavy atom. The maximum atomic E-state index is 13.0. The van der Waals surface area contributed by atoms with E-state index in [-0.39, 0.29) is 15.7 Å². The van der Waals surface area contributed by atoms with Gasteiger partial charge in [-0.15, -0.1) is 10.2 Å². The van der Waals surface area contributed by atoms with Crippen molar-refractivity contribution < 1.29 is 16.8 Å². The molecule has 0 unspecified atom stereocenters. The van der Waals surface area contributed by atoms with Gasteiger partial charge in [0.15, 0.2) is 9.84 Å². The first-order chi connectivity index (χ1) is 13.8. The topological polar surface area (TPSA) is 102 Å². The molecule has 8 nitrogen and oxygen atoms in total. The fraction of sp³-hybridized carbons (Fsp3) is 0.579. The van der Waals surface area contributed by atoms with Gasteiger partial charge >= 0.3 is 0 Å². The van der Waals surface area contributed by atoms with Crippen LogP contribution in [0.25, 0.3) is 0 Å². The van der Waals surface area contributed by atoms with E-state index in [9.17, 15) is 16.8 Å². The van der Waals surface area contributed by atoms with Gasteiger partial charge in [-0.25, -0.2) is 16.8 Å². The first-order valence-corrected chi connectivity index (χ1v) is 13.3. The highest BCUT2D eigenvalue weighted by Gasteiger charge is 2.32. The molecule has 2 aliphatic heterocycles. The molecule has 1 fully saturated rings. The maximum absolute atomic E-state index is 13.0. The molecule has 0 amide bonds. The highest BCUT2D eigenvalue weighted by Crippen LogP contribution is 2.31. The number of fused-ring (bicyclic) bond motifs is 1. The van der Waals surface area contributed by atoms with Crippen LogP contribution >= 0.6 is 0 Å². The Bertz CT molecular complexity index is 1080. The van der Waals surface area contributed by atoms with E-state index in [2.05, 4.69) is 14.8 Å². The summed E-state index contributed by atoms with van der Waals surface area (Å²) < 4.78 is 52.8. The summed E-state index contributed by atoms with van der Waals surface area (Å²) in [6.07, 6.45) is 6.97. The third-order valence-corrected chi connectivity index (χ3v) is 8.89. The molecule has 2 aromatic rings. The molecule has 1 saturated heterocycles. The lowest BCUT2D eigenvalue weighted by molar-refractivity contribution is 0.308. The van der Waals surface area contributed by atoms with Gasteiger partial charge in [0.25, 0.3) is 0 Å². The highest BCUT2D eigenvalue weighted by atomic mass is 32.2. The van der Waals surface area contributed by atoms with Crippen LogP contribution in [-0.2, 0) is 32.8 Å². The standard InChI is InChI=1S/C19H26N4O4S2/c1-28(24,25)16-6-8-17(9-7-16)29(26,27)22-13-10-15(11-14-22)19-21-20-18-5-3-2-4-12-23(18)19/h6-9,15H,2-5,10-14H2,1H3. The van der Waals surface area contributed by atoms with E-state index < -0.39 is 19.9 Å². The van der Waals surface area contributed by atoms with Gasteiger partial charge in [-0.05, 0) is 49.9 Å². The van der Waals surface area contributed by atoms with Crippen molar-refractivity contribution in [2.75, 3.05) is 19.3 Å². The molecule has 2 aliphatic rings. The Balaban J connectivity index is 1.47. The predicted molar refractivity (Wildman–Crippen MR) is 108 cm³/mol. The van der Waals surface area contributed by atoms with E-state index in [4.69, 9.17) is 0 Å². The summed E-state index contributed by atoms with van der Waals surface area (Å²) in [6, 6.07) is 5.44. The van der Waals surface area contributed by atoms with Crippen molar-refractivity contribution in [2.45, 2.75) is 60.8 Å². The molecule has 0 saturated carbocycles. The second kappa shape index (κ2) is 7.81. The van der Waals surface area contributed by atoms with E-state index in [1.165, 1.54) is 35.0 Å². The van der Waals surface area contributed by atoms with Crippen LogP contribution in [0, 0.1) is 0 Å². The molecule has 4 rings (SSSR count). The second-order valence-corrected chi connectivity index (χ2v) is 11.8. The molecule has 29 heavy (non-hydrogen) atoms. The van der Waals surface area contributed by atoms with E-state index in [0.29, 0.717) is 25.9 Å². The van der Waals surface area contributed by atoms with Crippen LogP contribution in [0.5, 0.6) is 0 Å². The fourth-order valence-electron chi connectivity index (χ4n) is 4.17. The normalized spacial score (nSPS) is 19.6. The summed E-state index contributed by atoms with van der Waals surface area (Å²) >= 11 is 0. The number of sulfonamides is 1. The molecular weight excluding hydrogens is 412 g/mol. The van der Waals surface area contributed by atoms with Crippen LogP contribution in [0.2, 0.25) is 0 Å². The minimum Gasteiger partial charge on any atom is -0.315 e. The Morgan fingerprint density at radius 2 is 1.52 bits per heavy atom. The lowest BCUT2D eigenvalue weighted by Crippen LogP contribution is -2.38. The van der Waals surface area contributed by atoms with Crippen molar-refractivity contribution in [3.63, 3.8) is 0 Å². The molecule has 10 heteroatoms. The number of piperidine rings is 1. The van der Waals surface area contributed by atoms with Crippen LogP contribution in [0.4, 0.5) is 0 Å². The van der Waals surface area contributed by atoms with Gasteiger partial charge in [-0.2, -0.15) is 4.31 Å². The number of hydrogen-bond acceptors (Lipinski definition) is 6. The fourth-order valence-corrected chi connectivity index (χ4v) is 6.27. The average molecular weight is 439 g/mol. The van der Waals surface area contributed by atoms with Gasteiger partial charge in [-0.3, -0.25) is 0 Å². The number of hydrogen-bond donors (Lipinski definition) is 0. The number of rotatable bonds is 4. The summed E-state index contributed by atoms with van der Waals surface area (Å²) in [7, 11) is -7.00. The molecule has 158 valence electrons. The monoisotopic (exact) mass is 438 g/mol. The Labute approximate surface area is 171 Å². The molecule has 0 N–H and O–H groups in total. The lowest BCUT2D eigenvalue weighted by Gasteiger charge is -2.31. The van der Waals surface area contributed by atoms with Crippen LogP contribution in [0.15, 0.2) is 34.1 Å². The van der Waals surface area contributed by atoms with Crippen molar-refractivity contribution in [1.29, 1.82) is 0 Å². The molecule has 3 heterocycles. The zero-order valence-electron chi connectivity index (χ0n) is 16.5. The molecular formula is C19H26N4O4S2. The van der Waals surface area contributed by atoms with Crippen molar-refractivity contribution in [1.82, 2.24) is 19.1 Å². The Kier molecular flexibility index (Phi) is 5.52. The van der Waals surface area contributed by atoms with Gasteiger partial charge in [0, 0.05) is 38.2 Å². The number of sulfone groups is 1. The first-order valence-electron chi connectivity index (χ1n) is 9.99. The average Bonchev–Trinajstić information content (AvgIpc) is 2.95. The van der Waals surface area contributed by atoms with E-state index in [1.807, 2.05) is 0 Å². The van der Waals surface area contributed by atoms with E-state index >= 15 is 0 Å². The number of aromatic nitrogens is 3. The third kappa shape index (κ3) is 4.10. The summed E-state index contributed by atoms with van der Waals surface area (Å²) in [4.78, 5) is 0.238. The van der Waals surface area contributed by atoms with Crippen molar-refractivity contribution in [3.05, 3.63) is 35.9 Å². The maximum Gasteiger partial charge on any atom is 0.243 e. The van der Waals surface area contributed by atoms with Crippen molar-refractivity contribution in [2.24, 2.45) is 0 Å². The second-order valence-electron chi connectivity index (χ2n) is 7.86. The SMILES string of the molecule is CS(=O)(=O)c1ccc(S(=O)(=O)N2CCC(c3nnc4n3CCCCC4)CC2)cc1. The van der Waals surface area contributed by atoms with Crippen LogP contribution in [0.1, 0.15) is 49.7 Å². The van der Waals surface area contributed by atoms with E-state index in [1.54, 1.807) is 0 Å². The minimum atomic E-state index is -3.64. The van der Waals surface area contributed by atoms with Crippen LogP contribution < -0.4 is 0 Å².